The van der Waals surface area contributed by atoms with Gasteiger partial charge >= 0.3 is 0 Å². The average Bonchev–Trinajstić information content (AvgIpc) is 2.11. The van der Waals surface area contributed by atoms with Gasteiger partial charge in [-0.05, 0) is 12.8 Å². The molecule has 14 heavy (non-hydrogen) atoms. The van der Waals surface area contributed by atoms with Gasteiger partial charge in [-0.3, -0.25) is 0 Å². The smallest absolute Gasteiger partial charge is 0.150 e. The first-order chi connectivity index (χ1) is 6.71. The molecule has 0 atom stereocenters. The maximum Gasteiger partial charge on any atom is 0.150 e. The first-order valence-corrected chi connectivity index (χ1v) is 7.73. The second-order valence-electron chi connectivity index (χ2n) is 4.33. The standard InChI is InChI=1S/C11H22O2S/c12-14(13)10-8-6-4-2-1-3-5-7-9-11-14/h1-11H2. The summed E-state index contributed by atoms with van der Waals surface area (Å²) in [5, 5.41) is 0. The number of sulfone groups is 1. The number of hydrogen-bond donors (Lipinski definition) is 0. The van der Waals surface area contributed by atoms with Crippen LogP contribution in [0.15, 0.2) is 0 Å². The van der Waals surface area contributed by atoms with Gasteiger partial charge in [-0.1, -0.05) is 44.9 Å². The van der Waals surface area contributed by atoms with Crippen LogP contribution in [0.3, 0.4) is 0 Å². The van der Waals surface area contributed by atoms with E-state index >= 15 is 0 Å². The molecule has 0 radical (unpaired) electrons. The van der Waals surface area contributed by atoms with Crippen LogP contribution in [-0.2, 0) is 9.84 Å². The molecule has 1 rings (SSSR count). The molecule has 1 saturated heterocycles. The first kappa shape index (κ1) is 12.0. The van der Waals surface area contributed by atoms with Gasteiger partial charge in [0.2, 0.25) is 0 Å². The van der Waals surface area contributed by atoms with E-state index in [1.807, 2.05) is 0 Å². The Bertz CT molecular complexity index is 214. The highest BCUT2D eigenvalue weighted by atomic mass is 32.2. The minimum absolute atomic E-state index is 0.424. The van der Waals surface area contributed by atoms with Crippen molar-refractivity contribution in [3.05, 3.63) is 0 Å². The van der Waals surface area contributed by atoms with Crippen molar-refractivity contribution in [3.8, 4) is 0 Å². The summed E-state index contributed by atoms with van der Waals surface area (Å²) in [7, 11) is -2.71. The van der Waals surface area contributed by atoms with Crippen LogP contribution in [-0.4, -0.2) is 19.9 Å². The lowest BCUT2D eigenvalue weighted by Gasteiger charge is -2.07. The molecule has 0 aromatic rings. The zero-order valence-corrected chi connectivity index (χ0v) is 9.82. The molecule has 0 amide bonds. The third kappa shape index (κ3) is 5.63. The molecule has 1 fully saturated rings. The summed E-state index contributed by atoms with van der Waals surface area (Å²) in [6, 6.07) is 0. The Morgan fingerprint density at radius 3 is 1.14 bits per heavy atom. The van der Waals surface area contributed by atoms with Crippen LogP contribution in [0, 0.1) is 0 Å². The molecule has 2 nitrogen and oxygen atoms in total. The van der Waals surface area contributed by atoms with Crippen molar-refractivity contribution in [2.24, 2.45) is 0 Å². The third-order valence-electron chi connectivity index (χ3n) is 2.91. The lowest BCUT2D eigenvalue weighted by Crippen LogP contribution is -2.11. The largest absolute Gasteiger partial charge is 0.229 e. The summed E-state index contributed by atoms with van der Waals surface area (Å²) in [5.74, 6) is 0.847. The Morgan fingerprint density at radius 2 is 0.786 bits per heavy atom. The Labute approximate surface area is 88.0 Å². The van der Waals surface area contributed by atoms with E-state index in [9.17, 15) is 8.42 Å². The van der Waals surface area contributed by atoms with E-state index in [2.05, 4.69) is 0 Å². The molecule has 0 N–H and O–H groups in total. The van der Waals surface area contributed by atoms with Crippen molar-refractivity contribution < 1.29 is 8.42 Å². The SMILES string of the molecule is O=S1(=O)CCCCCCCCCCC1. The Balaban J connectivity index is 2.32. The number of hydrogen-bond acceptors (Lipinski definition) is 2. The summed E-state index contributed by atoms with van der Waals surface area (Å²) in [5.41, 5.74) is 0. The van der Waals surface area contributed by atoms with Gasteiger partial charge in [0, 0.05) is 0 Å². The molecule has 1 aliphatic rings. The molecule has 0 aromatic carbocycles. The van der Waals surface area contributed by atoms with Gasteiger partial charge in [-0.15, -0.1) is 0 Å². The van der Waals surface area contributed by atoms with E-state index in [1.165, 1.54) is 32.1 Å². The molecule has 0 bridgehead atoms. The van der Waals surface area contributed by atoms with Gasteiger partial charge in [0.05, 0.1) is 11.5 Å². The summed E-state index contributed by atoms with van der Waals surface area (Å²) in [6.45, 7) is 0. The molecule has 1 heterocycles. The maximum atomic E-state index is 11.5. The molecule has 0 unspecified atom stereocenters. The summed E-state index contributed by atoms with van der Waals surface area (Å²) in [4.78, 5) is 0. The fourth-order valence-corrected chi connectivity index (χ4v) is 3.48. The quantitative estimate of drug-likeness (QED) is 0.626. The molecule has 3 heteroatoms. The lowest BCUT2D eigenvalue weighted by molar-refractivity contribution is 0.551. The van der Waals surface area contributed by atoms with E-state index in [0.29, 0.717) is 11.5 Å². The highest BCUT2D eigenvalue weighted by Crippen LogP contribution is 2.13. The average molecular weight is 218 g/mol. The lowest BCUT2D eigenvalue weighted by atomic mass is 10.1. The minimum Gasteiger partial charge on any atom is -0.229 e. The van der Waals surface area contributed by atoms with Gasteiger partial charge in [0.1, 0.15) is 9.84 Å². The van der Waals surface area contributed by atoms with Crippen molar-refractivity contribution in [2.75, 3.05) is 11.5 Å². The van der Waals surface area contributed by atoms with E-state index in [-0.39, 0.29) is 0 Å². The fourth-order valence-electron chi connectivity index (χ4n) is 1.98. The highest BCUT2D eigenvalue weighted by molar-refractivity contribution is 7.91. The molecule has 1 aliphatic heterocycles. The molecule has 0 aromatic heterocycles. The van der Waals surface area contributed by atoms with Gasteiger partial charge < -0.3 is 0 Å². The summed E-state index contributed by atoms with van der Waals surface area (Å²) < 4.78 is 23.0. The van der Waals surface area contributed by atoms with Gasteiger partial charge in [0.15, 0.2) is 0 Å². The van der Waals surface area contributed by atoms with Gasteiger partial charge in [-0.2, -0.15) is 0 Å². The predicted molar refractivity (Wildman–Crippen MR) is 60.2 cm³/mol. The summed E-state index contributed by atoms with van der Waals surface area (Å²) in [6.07, 6.45) is 10.3. The van der Waals surface area contributed by atoms with Crippen molar-refractivity contribution in [1.82, 2.24) is 0 Å². The minimum atomic E-state index is -2.71. The second-order valence-corrected chi connectivity index (χ2v) is 6.64. The van der Waals surface area contributed by atoms with Crippen LogP contribution in [0.2, 0.25) is 0 Å². The zero-order chi connectivity index (χ0) is 10.3. The Hall–Kier alpha value is -0.0500. The highest BCUT2D eigenvalue weighted by Gasteiger charge is 2.10. The molecule has 0 aliphatic carbocycles. The first-order valence-electron chi connectivity index (χ1n) is 5.91. The summed E-state index contributed by atoms with van der Waals surface area (Å²) >= 11 is 0. The monoisotopic (exact) mass is 218 g/mol. The van der Waals surface area contributed by atoms with Gasteiger partial charge in [-0.25, -0.2) is 8.42 Å². The van der Waals surface area contributed by atoms with E-state index < -0.39 is 9.84 Å². The van der Waals surface area contributed by atoms with Crippen molar-refractivity contribution in [1.29, 1.82) is 0 Å². The predicted octanol–water partition coefficient (Wildman–Crippen LogP) is 2.93. The van der Waals surface area contributed by atoms with Crippen LogP contribution >= 0.6 is 0 Å². The van der Waals surface area contributed by atoms with E-state index in [4.69, 9.17) is 0 Å². The number of rotatable bonds is 0. The van der Waals surface area contributed by atoms with Crippen LogP contribution in [0.4, 0.5) is 0 Å². The van der Waals surface area contributed by atoms with Crippen LogP contribution in [0.25, 0.3) is 0 Å². The van der Waals surface area contributed by atoms with Crippen LogP contribution < -0.4 is 0 Å². The Morgan fingerprint density at radius 1 is 0.500 bits per heavy atom. The van der Waals surface area contributed by atoms with E-state index in [1.54, 1.807) is 0 Å². The Kier molecular flexibility index (Phi) is 5.53. The van der Waals surface area contributed by atoms with Crippen molar-refractivity contribution in [3.63, 3.8) is 0 Å². The molecule has 0 saturated carbocycles. The van der Waals surface area contributed by atoms with Crippen molar-refractivity contribution >= 4 is 9.84 Å². The van der Waals surface area contributed by atoms with E-state index in [0.717, 1.165) is 25.7 Å². The molecular formula is C11H22O2S. The molecule has 0 spiro atoms. The normalized spacial score (nSPS) is 26.0. The zero-order valence-electron chi connectivity index (χ0n) is 9.00. The topological polar surface area (TPSA) is 34.1 Å². The second kappa shape index (κ2) is 6.44. The van der Waals surface area contributed by atoms with Crippen molar-refractivity contribution in [2.45, 2.75) is 57.8 Å². The maximum absolute atomic E-state index is 11.5. The third-order valence-corrected chi connectivity index (χ3v) is 4.73. The fraction of sp³-hybridized carbons (Fsp3) is 1.00. The van der Waals surface area contributed by atoms with Crippen LogP contribution in [0.5, 0.6) is 0 Å². The molecule has 84 valence electrons. The molecular weight excluding hydrogens is 196 g/mol. The van der Waals surface area contributed by atoms with Crippen LogP contribution in [0.1, 0.15) is 57.8 Å². The van der Waals surface area contributed by atoms with Gasteiger partial charge in [0.25, 0.3) is 0 Å².